The first kappa shape index (κ1) is 13.5. The van der Waals surface area contributed by atoms with Gasteiger partial charge < -0.3 is 15.1 Å². The van der Waals surface area contributed by atoms with Crippen LogP contribution >= 0.6 is 31.9 Å². The average molecular weight is 394 g/mol. The Hall–Kier alpha value is -1.88. The minimum absolute atomic E-state index is 0.0253. The van der Waals surface area contributed by atoms with Crippen LogP contribution in [0.4, 0.5) is 11.5 Å². The van der Waals surface area contributed by atoms with Gasteiger partial charge in [-0.05, 0) is 47.8 Å². The number of nitrogens with one attached hydrogen (secondary N) is 1. The topological polar surface area (TPSA) is 132 Å². The number of nitro groups is 2. The molecule has 0 aliphatic rings. The molecule has 0 fully saturated rings. The molecule has 0 bridgehead atoms. The Morgan fingerprint density at radius 3 is 2.37 bits per heavy atom. The maximum Gasteiger partial charge on any atom is 0.430 e. The van der Waals surface area contributed by atoms with Crippen molar-refractivity contribution in [3.8, 4) is 0 Å². The molecule has 1 N–H and O–H groups in total. The number of hydrogen-bond acceptors (Lipinski definition) is 6. The van der Waals surface area contributed by atoms with Gasteiger partial charge >= 0.3 is 17.1 Å². The number of nitrogens with zero attached hydrogens (tertiary/aromatic N) is 3. The molecule has 9 nitrogen and oxygen atoms in total. The first-order valence-electron chi connectivity index (χ1n) is 4.53. The second-order valence-corrected chi connectivity index (χ2v) is 4.97. The van der Waals surface area contributed by atoms with Crippen LogP contribution in [0.3, 0.4) is 0 Å². The zero-order chi connectivity index (χ0) is 14.3. The molecule has 1 heterocycles. The van der Waals surface area contributed by atoms with E-state index in [1.807, 2.05) is 0 Å². The van der Waals surface area contributed by atoms with Gasteiger partial charge in [0, 0.05) is 4.47 Å². The lowest BCUT2D eigenvalue weighted by atomic mass is 10.2. The fraction of sp³-hybridized carbons (Fsp3) is 0. The number of rotatable bonds is 2. The predicted octanol–water partition coefficient (Wildman–Crippen LogP) is 2.26. The Balaban J connectivity index is 3.02. The van der Waals surface area contributed by atoms with E-state index >= 15 is 0 Å². The van der Waals surface area contributed by atoms with Gasteiger partial charge in [-0.3, -0.25) is 14.9 Å². The summed E-state index contributed by atoms with van der Waals surface area (Å²) >= 11 is 6.06. The van der Waals surface area contributed by atoms with E-state index in [-0.39, 0.29) is 15.5 Å². The van der Waals surface area contributed by atoms with E-state index in [4.69, 9.17) is 0 Å². The first-order chi connectivity index (χ1) is 8.82. The molecule has 19 heavy (non-hydrogen) atoms. The van der Waals surface area contributed by atoms with Crippen LogP contribution in [-0.2, 0) is 0 Å². The van der Waals surface area contributed by atoms with Crippen LogP contribution in [0.2, 0.25) is 0 Å². The van der Waals surface area contributed by atoms with Crippen LogP contribution in [0.15, 0.2) is 19.8 Å². The molecule has 0 radical (unpaired) electrons. The molecule has 0 spiro atoms. The van der Waals surface area contributed by atoms with Crippen molar-refractivity contribution in [3.63, 3.8) is 0 Å². The molecule has 0 amide bonds. The van der Waals surface area contributed by atoms with Gasteiger partial charge in [0.15, 0.2) is 0 Å². The highest BCUT2D eigenvalue weighted by Gasteiger charge is 2.28. The molecule has 98 valence electrons. The third-order valence-corrected chi connectivity index (χ3v) is 4.15. The number of hydrogen-bond donors (Lipinski definition) is 1. The average Bonchev–Trinajstić information content (AvgIpc) is 2.29. The Bertz CT molecular complexity index is 787. The van der Waals surface area contributed by atoms with E-state index in [2.05, 4.69) is 41.8 Å². The fourth-order valence-electron chi connectivity index (χ4n) is 1.44. The monoisotopic (exact) mass is 392 g/mol. The van der Waals surface area contributed by atoms with Crippen LogP contribution in [-0.4, -0.2) is 19.8 Å². The summed E-state index contributed by atoms with van der Waals surface area (Å²) in [5.41, 5.74) is -1.74. The number of aromatic amines is 1. The molecule has 0 unspecified atom stereocenters. The minimum atomic E-state index is -1.03. The maximum atomic E-state index is 11.4. The molecule has 0 aliphatic heterocycles. The van der Waals surface area contributed by atoms with Crippen molar-refractivity contribution in [3.05, 3.63) is 45.6 Å². The number of benzene rings is 1. The Morgan fingerprint density at radius 2 is 1.84 bits per heavy atom. The van der Waals surface area contributed by atoms with E-state index in [0.29, 0.717) is 4.47 Å². The lowest BCUT2D eigenvalue weighted by molar-refractivity contribution is -0.391. The smallest absolute Gasteiger partial charge is 0.358 e. The fourth-order valence-corrected chi connectivity index (χ4v) is 2.30. The van der Waals surface area contributed by atoms with Gasteiger partial charge in [0.05, 0.1) is 4.92 Å². The first-order valence-corrected chi connectivity index (χ1v) is 6.12. The molecule has 0 saturated heterocycles. The van der Waals surface area contributed by atoms with Gasteiger partial charge in [-0.1, -0.05) is 0 Å². The molecule has 2 rings (SSSR count). The molecular weight excluding hydrogens is 392 g/mol. The summed E-state index contributed by atoms with van der Waals surface area (Å²) in [6, 6.07) is 1.37. The van der Waals surface area contributed by atoms with Crippen molar-refractivity contribution in [2.45, 2.75) is 0 Å². The van der Waals surface area contributed by atoms with Crippen molar-refractivity contribution in [2.24, 2.45) is 0 Å². The third-order valence-electron chi connectivity index (χ3n) is 2.19. The Kier molecular flexibility index (Phi) is 3.32. The van der Waals surface area contributed by atoms with Gasteiger partial charge in [-0.25, -0.2) is 0 Å². The highest BCUT2D eigenvalue weighted by molar-refractivity contribution is 9.13. The minimum Gasteiger partial charge on any atom is -0.358 e. The van der Waals surface area contributed by atoms with Crippen molar-refractivity contribution < 1.29 is 9.85 Å². The lowest BCUT2D eigenvalue weighted by Gasteiger charge is -2.01. The van der Waals surface area contributed by atoms with E-state index in [1.54, 1.807) is 0 Å². The number of fused-ring (bicyclic) bond motifs is 1. The van der Waals surface area contributed by atoms with Crippen molar-refractivity contribution >= 4 is 54.4 Å². The lowest BCUT2D eigenvalue weighted by Crippen LogP contribution is -2.14. The zero-order valence-corrected chi connectivity index (χ0v) is 11.9. The standard InChI is InChI=1S/C8H2Br2N4O5/c9-2-1-3-5(6(4(2)10)13(16)17)12-7(14(18)19)8(15)11-3/h1H,(H,11,15). The number of aromatic nitrogens is 2. The SMILES string of the molecule is O=c1[nH]c2cc(Br)c(Br)c([N+](=O)[O-])c2nc1[N+](=O)[O-]. The summed E-state index contributed by atoms with van der Waals surface area (Å²) in [6.07, 6.45) is 0. The van der Waals surface area contributed by atoms with Gasteiger partial charge in [0.1, 0.15) is 9.99 Å². The van der Waals surface area contributed by atoms with Crippen molar-refractivity contribution in [1.82, 2.24) is 9.97 Å². The van der Waals surface area contributed by atoms with Crippen LogP contribution in [0.1, 0.15) is 0 Å². The highest BCUT2D eigenvalue weighted by atomic mass is 79.9. The van der Waals surface area contributed by atoms with Crippen LogP contribution in [0.5, 0.6) is 0 Å². The van der Waals surface area contributed by atoms with Crippen LogP contribution < -0.4 is 5.56 Å². The Labute approximate surface area is 120 Å². The summed E-state index contributed by atoms with van der Waals surface area (Å²) in [4.78, 5) is 36.9. The van der Waals surface area contributed by atoms with Crippen LogP contribution in [0.25, 0.3) is 11.0 Å². The summed E-state index contributed by atoms with van der Waals surface area (Å²) < 4.78 is 0.400. The quantitative estimate of drug-likeness (QED) is 0.614. The normalized spacial score (nSPS) is 10.6. The molecule has 1 aromatic heterocycles. The van der Waals surface area contributed by atoms with Crippen molar-refractivity contribution in [2.75, 3.05) is 0 Å². The summed E-state index contributed by atoms with van der Waals surface area (Å²) in [7, 11) is 0. The van der Waals surface area contributed by atoms with E-state index < -0.39 is 26.9 Å². The zero-order valence-electron chi connectivity index (χ0n) is 8.72. The molecule has 2 aromatic rings. The second-order valence-electron chi connectivity index (χ2n) is 3.32. The van der Waals surface area contributed by atoms with Gasteiger partial charge in [-0.15, -0.1) is 0 Å². The summed E-state index contributed by atoms with van der Waals surface area (Å²) in [6.45, 7) is 0. The third kappa shape index (κ3) is 2.21. The molecule has 0 atom stereocenters. The molecular formula is C8H2Br2N4O5. The molecule has 1 aromatic carbocycles. The largest absolute Gasteiger partial charge is 0.430 e. The van der Waals surface area contributed by atoms with E-state index in [0.717, 1.165) is 0 Å². The van der Waals surface area contributed by atoms with E-state index in [9.17, 15) is 25.0 Å². The maximum absolute atomic E-state index is 11.4. The summed E-state index contributed by atoms with van der Waals surface area (Å²) in [5.74, 6) is -0.996. The molecule has 0 aliphatic carbocycles. The molecule has 11 heteroatoms. The number of H-pyrrole nitrogens is 1. The summed E-state index contributed by atoms with van der Waals surface area (Å²) in [5, 5.41) is 21.6. The van der Waals surface area contributed by atoms with Gasteiger partial charge in [0.25, 0.3) is 5.52 Å². The van der Waals surface area contributed by atoms with Crippen LogP contribution in [0, 0.1) is 20.2 Å². The number of halogens is 2. The van der Waals surface area contributed by atoms with E-state index in [1.165, 1.54) is 6.07 Å². The van der Waals surface area contributed by atoms with Gasteiger partial charge in [-0.2, -0.15) is 0 Å². The second kappa shape index (κ2) is 4.66. The predicted molar refractivity (Wildman–Crippen MR) is 71.1 cm³/mol. The van der Waals surface area contributed by atoms with Gasteiger partial charge in [0.2, 0.25) is 0 Å². The molecule has 0 saturated carbocycles. The number of nitro benzene ring substituents is 1. The Morgan fingerprint density at radius 1 is 1.21 bits per heavy atom. The highest BCUT2D eigenvalue weighted by Crippen LogP contribution is 2.37. The van der Waals surface area contributed by atoms with Crippen molar-refractivity contribution in [1.29, 1.82) is 0 Å².